The first kappa shape index (κ1) is 24.2. The number of piperidine rings is 1. The largest absolute Gasteiger partial charge is 0.491 e. The molecular weight excluding hydrogens is 433 g/mol. The molecule has 0 atom stereocenters. The highest BCUT2D eigenvalue weighted by molar-refractivity contribution is 5.93. The van der Waals surface area contributed by atoms with Gasteiger partial charge in [-0.15, -0.1) is 0 Å². The molecule has 2 aromatic carbocycles. The summed E-state index contributed by atoms with van der Waals surface area (Å²) in [6.07, 6.45) is 5.23. The zero-order chi connectivity index (χ0) is 24.0. The monoisotopic (exact) mass is 467 g/mol. The number of nitrogens with zero attached hydrogens (tertiary/aromatic N) is 1. The van der Waals surface area contributed by atoms with Crippen molar-refractivity contribution in [3.8, 4) is 5.75 Å². The van der Waals surface area contributed by atoms with Crippen molar-refractivity contribution >= 4 is 17.5 Å². The van der Waals surface area contributed by atoms with Gasteiger partial charge in [0, 0.05) is 11.3 Å². The van der Waals surface area contributed by atoms with Crippen molar-refractivity contribution in [1.29, 1.82) is 0 Å². The number of benzene rings is 2. The van der Waals surface area contributed by atoms with Crippen LogP contribution in [-0.2, 0) is 16.0 Å². The molecule has 0 saturated carbocycles. The molecule has 0 unspecified atom stereocenters. The lowest BCUT2D eigenvalue weighted by atomic mass is 9.73. The van der Waals surface area contributed by atoms with Crippen molar-refractivity contribution in [2.75, 3.05) is 38.1 Å². The van der Waals surface area contributed by atoms with Gasteiger partial charge in [-0.05, 0) is 75.9 Å². The lowest BCUT2D eigenvalue weighted by Gasteiger charge is -2.40. The van der Waals surface area contributed by atoms with Gasteiger partial charge in [-0.1, -0.05) is 30.7 Å². The van der Waals surface area contributed by atoms with Crippen LogP contribution in [0.5, 0.6) is 5.75 Å². The highest BCUT2D eigenvalue weighted by atomic mass is 19.1. The summed E-state index contributed by atoms with van der Waals surface area (Å²) < 4.78 is 19.7. The van der Waals surface area contributed by atoms with Crippen LogP contribution < -0.4 is 15.4 Å². The minimum absolute atomic E-state index is 0.101. The van der Waals surface area contributed by atoms with Crippen LogP contribution in [-0.4, -0.2) is 49.5 Å². The molecule has 2 N–H and O–H groups in total. The fourth-order valence-electron chi connectivity index (χ4n) is 5.01. The van der Waals surface area contributed by atoms with Crippen molar-refractivity contribution in [3.05, 3.63) is 59.4 Å². The van der Waals surface area contributed by atoms with Crippen LogP contribution in [0.2, 0.25) is 0 Å². The Bertz CT molecular complexity index is 1020. The maximum Gasteiger partial charge on any atom is 0.238 e. The van der Waals surface area contributed by atoms with E-state index in [0.717, 1.165) is 44.3 Å². The third kappa shape index (κ3) is 5.76. The summed E-state index contributed by atoms with van der Waals surface area (Å²) in [5, 5.41) is 5.91. The number of hydrogen-bond donors (Lipinski definition) is 2. The van der Waals surface area contributed by atoms with E-state index in [-0.39, 0.29) is 24.2 Å². The number of rotatable bonds is 3. The highest BCUT2D eigenvalue weighted by Crippen LogP contribution is 2.37. The van der Waals surface area contributed by atoms with Crippen LogP contribution >= 0.6 is 0 Å². The first-order chi connectivity index (χ1) is 16.5. The predicted molar refractivity (Wildman–Crippen MR) is 130 cm³/mol. The Labute approximate surface area is 200 Å². The van der Waals surface area contributed by atoms with Crippen LogP contribution in [0.1, 0.15) is 43.2 Å². The van der Waals surface area contributed by atoms with Crippen LogP contribution in [0.3, 0.4) is 0 Å². The third-order valence-electron chi connectivity index (χ3n) is 7.17. The van der Waals surface area contributed by atoms with E-state index in [1.807, 2.05) is 18.2 Å². The Balaban J connectivity index is 1.33. The van der Waals surface area contributed by atoms with Gasteiger partial charge in [0.05, 0.1) is 18.5 Å². The summed E-state index contributed by atoms with van der Waals surface area (Å²) >= 11 is 0. The van der Waals surface area contributed by atoms with E-state index < -0.39 is 5.41 Å². The Morgan fingerprint density at radius 3 is 2.74 bits per heavy atom. The topological polar surface area (TPSA) is 70.7 Å². The Hall–Kier alpha value is -2.93. The van der Waals surface area contributed by atoms with Gasteiger partial charge in [0.25, 0.3) is 0 Å². The molecule has 182 valence electrons. The Morgan fingerprint density at radius 1 is 1.12 bits per heavy atom. The average Bonchev–Trinajstić information content (AvgIpc) is 2.83. The molecule has 7 heteroatoms. The zero-order valence-electron chi connectivity index (χ0n) is 19.9. The smallest absolute Gasteiger partial charge is 0.238 e. The van der Waals surface area contributed by atoms with Crippen LogP contribution in [0.15, 0.2) is 42.5 Å². The molecule has 2 aliphatic heterocycles. The molecule has 0 radical (unpaired) electrons. The number of aryl methyl sites for hydroxylation is 1. The number of anilines is 1. The molecule has 2 aliphatic rings. The summed E-state index contributed by atoms with van der Waals surface area (Å²) in [5.41, 5.74) is 1.76. The molecule has 1 spiro atoms. The molecule has 0 aromatic heterocycles. The second-order valence-corrected chi connectivity index (χ2v) is 9.44. The van der Waals surface area contributed by atoms with Crippen molar-refractivity contribution in [2.24, 2.45) is 5.41 Å². The molecule has 1 fully saturated rings. The number of carbonyl (C=O) groups is 2. The van der Waals surface area contributed by atoms with Gasteiger partial charge < -0.3 is 15.4 Å². The summed E-state index contributed by atoms with van der Waals surface area (Å²) in [6, 6.07) is 12.8. The lowest BCUT2D eigenvalue weighted by molar-refractivity contribution is -0.135. The Morgan fingerprint density at radius 2 is 1.91 bits per heavy atom. The quantitative estimate of drug-likeness (QED) is 0.714. The van der Waals surface area contributed by atoms with Gasteiger partial charge in [-0.2, -0.15) is 0 Å². The number of nitrogens with one attached hydrogen (secondary N) is 2. The predicted octanol–water partition coefficient (Wildman–Crippen LogP) is 4.08. The van der Waals surface area contributed by atoms with Crippen molar-refractivity contribution in [2.45, 2.75) is 45.4 Å². The fraction of sp³-hybridized carbons (Fsp3) is 0.481. The maximum atomic E-state index is 13.8. The second-order valence-electron chi connectivity index (χ2n) is 9.44. The highest BCUT2D eigenvalue weighted by Gasteiger charge is 2.41. The molecule has 34 heavy (non-hydrogen) atoms. The second kappa shape index (κ2) is 11.0. The number of carbonyl (C=O) groups excluding carboxylic acids is 2. The first-order valence-electron chi connectivity index (χ1n) is 12.2. The molecule has 2 aromatic rings. The maximum absolute atomic E-state index is 13.8. The molecular formula is C27H34FN3O3. The number of fused-ring (bicyclic) bond motifs is 1. The Kier molecular flexibility index (Phi) is 7.83. The molecule has 0 bridgehead atoms. The van der Waals surface area contributed by atoms with Gasteiger partial charge in [0.15, 0.2) is 0 Å². The number of amides is 2. The van der Waals surface area contributed by atoms with E-state index in [9.17, 15) is 14.0 Å². The summed E-state index contributed by atoms with van der Waals surface area (Å²) in [7, 11) is 0. The standard InChI is InChI=1S/C27H34FN3O3/c1-20-22(28)9-6-10-23(20)30-25(32)19-31-16-13-27(14-17-31)12-5-4-8-21-7-2-3-11-24(21)34-18-15-29-26(27)33/h2-3,6-7,9-11H,4-5,8,12-19H2,1H3,(H,29,33)(H,30,32). The van der Waals surface area contributed by atoms with E-state index in [1.54, 1.807) is 19.1 Å². The number of ether oxygens (including phenoxy) is 1. The van der Waals surface area contributed by atoms with Crippen LogP contribution in [0.4, 0.5) is 10.1 Å². The third-order valence-corrected chi connectivity index (χ3v) is 7.17. The van der Waals surface area contributed by atoms with Crippen LogP contribution in [0.25, 0.3) is 0 Å². The van der Waals surface area contributed by atoms with Gasteiger partial charge in [0.1, 0.15) is 18.2 Å². The minimum Gasteiger partial charge on any atom is -0.491 e. The minimum atomic E-state index is -0.398. The van der Waals surface area contributed by atoms with E-state index in [1.165, 1.54) is 11.6 Å². The van der Waals surface area contributed by atoms with E-state index in [4.69, 9.17) is 4.74 Å². The molecule has 6 nitrogen and oxygen atoms in total. The normalized spacial score (nSPS) is 19.2. The van der Waals surface area contributed by atoms with Gasteiger partial charge in [0.2, 0.25) is 11.8 Å². The molecule has 2 heterocycles. The summed E-state index contributed by atoms with van der Waals surface area (Å²) in [4.78, 5) is 27.8. The van der Waals surface area contributed by atoms with Crippen molar-refractivity contribution in [3.63, 3.8) is 0 Å². The van der Waals surface area contributed by atoms with E-state index >= 15 is 0 Å². The van der Waals surface area contributed by atoms with Gasteiger partial charge >= 0.3 is 0 Å². The average molecular weight is 468 g/mol. The lowest BCUT2D eigenvalue weighted by Crippen LogP contribution is -2.50. The van der Waals surface area contributed by atoms with Gasteiger partial charge in [-0.25, -0.2) is 4.39 Å². The SMILES string of the molecule is Cc1c(F)cccc1NC(=O)CN1CCC2(CCCCc3ccccc3OCCNC2=O)CC1. The first-order valence-corrected chi connectivity index (χ1v) is 12.2. The molecule has 0 aliphatic carbocycles. The van der Waals surface area contributed by atoms with E-state index in [0.29, 0.717) is 37.5 Å². The van der Waals surface area contributed by atoms with E-state index in [2.05, 4.69) is 21.6 Å². The van der Waals surface area contributed by atoms with Crippen LogP contribution in [0, 0.1) is 18.2 Å². The number of para-hydroxylation sites is 1. The van der Waals surface area contributed by atoms with Crippen molar-refractivity contribution < 1.29 is 18.7 Å². The number of halogens is 1. The van der Waals surface area contributed by atoms with Crippen molar-refractivity contribution in [1.82, 2.24) is 10.2 Å². The molecule has 2 amide bonds. The summed E-state index contributed by atoms with van der Waals surface area (Å²) in [6.45, 7) is 4.18. The number of hydrogen-bond acceptors (Lipinski definition) is 4. The molecule has 1 saturated heterocycles. The fourth-order valence-corrected chi connectivity index (χ4v) is 5.01. The summed E-state index contributed by atoms with van der Waals surface area (Å²) in [5.74, 6) is 0.514. The zero-order valence-corrected chi connectivity index (χ0v) is 19.9. The van der Waals surface area contributed by atoms with Gasteiger partial charge in [-0.3, -0.25) is 14.5 Å². The molecule has 4 rings (SSSR count). The number of likely N-dealkylation sites (tertiary alicyclic amines) is 1.